The van der Waals surface area contributed by atoms with E-state index in [2.05, 4.69) is 25.3 Å². The quantitative estimate of drug-likeness (QED) is 0.451. The summed E-state index contributed by atoms with van der Waals surface area (Å²) in [6, 6.07) is 7.75. The summed E-state index contributed by atoms with van der Waals surface area (Å²) in [6.45, 7) is 2.12. The van der Waals surface area contributed by atoms with Crippen LogP contribution in [0.2, 0.25) is 0 Å². The number of aromatic amines is 2. The van der Waals surface area contributed by atoms with E-state index in [4.69, 9.17) is 0 Å². The molecule has 33 heavy (non-hydrogen) atoms. The number of halogens is 2. The van der Waals surface area contributed by atoms with Gasteiger partial charge in [-0.05, 0) is 18.6 Å². The Morgan fingerprint density at radius 3 is 2.79 bits per heavy atom. The molecule has 168 valence electrons. The predicted octanol–water partition coefficient (Wildman–Crippen LogP) is 2.45. The number of hydrogen-bond acceptors (Lipinski definition) is 6. The van der Waals surface area contributed by atoms with Crippen LogP contribution in [0.1, 0.15) is 34.2 Å². The molecule has 0 aliphatic carbocycles. The first-order valence-electron chi connectivity index (χ1n) is 10.3. The van der Waals surface area contributed by atoms with Gasteiger partial charge in [-0.3, -0.25) is 19.4 Å². The van der Waals surface area contributed by atoms with E-state index in [1.165, 1.54) is 23.7 Å². The highest BCUT2D eigenvalue weighted by Gasteiger charge is 2.25. The van der Waals surface area contributed by atoms with Crippen LogP contribution >= 0.6 is 0 Å². The van der Waals surface area contributed by atoms with Gasteiger partial charge in [-0.1, -0.05) is 18.2 Å². The molecule has 11 heteroatoms. The van der Waals surface area contributed by atoms with Crippen molar-refractivity contribution < 1.29 is 13.6 Å². The molecular formula is C22H19F2N7O2. The largest absolute Gasteiger partial charge is 0.348 e. The standard InChI is InChI=1S/C22H19F2N7O2/c1-12(32)19-8-17(29-31(19)10-13-4-2-3-5-15(13)23)20-25-9-16(24)21(26-20)30-7-6-14-18(11-30)27-28-22(14)33/h2-5,8-9H,6-7,10-11H2,1H3,(H2,27,28,33). The summed E-state index contributed by atoms with van der Waals surface area (Å²) in [7, 11) is 0. The summed E-state index contributed by atoms with van der Waals surface area (Å²) < 4.78 is 30.1. The second-order valence-corrected chi connectivity index (χ2v) is 7.79. The van der Waals surface area contributed by atoms with Crippen LogP contribution < -0.4 is 10.5 Å². The van der Waals surface area contributed by atoms with Crippen molar-refractivity contribution in [3.05, 3.63) is 81.0 Å². The van der Waals surface area contributed by atoms with E-state index >= 15 is 0 Å². The Bertz CT molecular complexity index is 1420. The fourth-order valence-electron chi connectivity index (χ4n) is 3.94. The smallest absolute Gasteiger partial charge is 0.267 e. The Balaban J connectivity index is 1.49. The number of benzene rings is 1. The minimum Gasteiger partial charge on any atom is -0.348 e. The highest BCUT2D eigenvalue weighted by molar-refractivity contribution is 5.93. The van der Waals surface area contributed by atoms with Gasteiger partial charge < -0.3 is 10.00 Å². The topological polar surface area (TPSA) is 113 Å². The number of carbonyl (C=O) groups is 1. The van der Waals surface area contributed by atoms with Gasteiger partial charge in [-0.15, -0.1) is 0 Å². The molecule has 2 N–H and O–H groups in total. The maximum absolute atomic E-state index is 14.6. The van der Waals surface area contributed by atoms with Crippen molar-refractivity contribution in [3.63, 3.8) is 0 Å². The summed E-state index contributed by atoms with van der Waals surface area (Å²) in [5.41, 5.74) is 2.06. The highest BCUT2D eigenvalue weighted by Crippen LogP contribution is 2.25. The number of anilines is 1. The summed E-state index contributed by atoms with van der Waals surface area (Å²) in [4.78, 5) is 34.1. The molecule has 1 aliphatic rings. The van der Waals surface area contributed by atoms with Crippen molar-refractivity contribution >= 4 is 11.6 Å². The van der Waals surface area contributed by atoms with Crippen LogP contribution in [0.15, 0.2) is 41.3 Å². The van der Waals surface area contributed by atoms with E-state index in [1.54, 1.807) is 23.1 Å². The van der Waals surface area contributed by atoms with Crippen molar-refractivity contribution in [2.24, 2.45) is 0 Å². The average molecular weight is 451 g/mol. The van der Waals surface area contributed by atoms with Crippen LogP contribution in [-0.2, 0) is 19.5 Å². The minimum atomic E-state index is -0.613. The molecule has 0 spiro atoms. The fourth-order valence-corrected chi connectivity index (χ4v) is 3.94. The molecule has 1 aromatic carbocycles. The minimum absolute atomic E-state index is 0.0470. The summed E-state index contributed by atoms with van der Waals surface area (Å²) >= 11 is 0. The Labute approximate surface area is 186 Å². The van der Waals surface area contributed by atoms with E-state index in [1.807, 2.05) is 0 Å². The lowest BCUT2D eigenvalue weighted by atomic mass is 10.1. The van der Waals surface area contributed by atoms with Gasteiger partial charge >= 0.3 is 0 Å². The first kappa shape index (κ1) is 20.7. The zero-order valence-electron chi connectivity index (χ0n) is 17.6. The molecular weight excluding hydrogens is 432 g/mol. The molecule has 4 heterocycles. The Morgan fingerprint density at radius 1 is 1.18 bits per heavy atom. The zero-order valence-corrected chi connectivity index (χ0v) is 17.6. The SMILES string of the molecule is CC(=O)c1cc(-c2ncc(F)c(N3CCc4c([nH][nH]c4=O)C3)n2)nn1Cc1ccccc1F. The van der Waals surface area contributed by atoms with Gasteiger partial charge in [0.1, 0.15) is 17.2 Å². The van der Waals surface area contributed by atoms with E-state index in [0.29, 0.717) is 29.8 Å². The second-order valence-electron chi connectivity index (χ2n) is 7.79. The van der Waals surface area contributed by atoms with Crippen molar-refractivity contribution in [3.8, 4) is 11.5 Å². The van der Waals surface area contributed by atoms with Crippen molar-refractivity contribution in [1.29, 1.82) is 0 Å². The van der Waals surface area contributed by atoms with Crippen molar-refractivity contribution in [2.45, 2.75) is 26.4 Å². The number of carbonyl (C=O) groups excluding carboxylic acids is 1. The van der Waals surface area contributed by atoms with Crippen LogP contribution in [0.4, 0.5) is 14.6 Å². The third-order valence-electron chi connectivity index (χ3n) is 5.62. The van der Waals surface area contributed by atoms with Crippen LogP contribution in [0.5, 0.6) is 0 Å². The third-order valence-corrected chi connectivity index (χ3v) is 5.62. The molecule has 3 aromatic heterocycles. The molecule has 1 aliphatic heterocycles. The van der Waals surface area contributed by atoms with Crippen molar-refractivity contribution in [1.82, 2.24) is 29.9 Å². The van der Waals surface area contributed by atoms with E-state index < -0.39 is 11.6 Å². The summed E-state index contributed by atoms with van der Waals surface area (Å²) in [5.74, 6) is -1.07. The number of fused-ring (bicyclic) bond motifs is 1. The number of aromatic nitrogens is 6. The average Bonchev–Trinajstić information content (AvgIpc) is 3.39. The predicted molar refractivity (Wildman–Crippen MR) is 115 cm³/mol. The van der Waals surface area contributed by atoms with E-state index in [0.717, 1.165) is 6.20 Å². The maximum atomic E-state index is 14.6. The van der Waals surface area contributed by atoms with E-state index in [-0.39, 0.29) is 47.5 Å². The first-order valence-corrected chi connectivity index (χ1v) is 10.3. The summed E-state index contributed by atoms with van der Waals surface area (Å²) in [6.07, 6.45) is 1.50. The molecule has 5 rings (SSSR count). The molecule has 0 radical (unpaired) electrons. The maximum Gasteiger partial charge on any atom is 0.267 e. The molecule has 0 saturated carbocycles. The van der Waals surface area contributed by atoms with Crippen molar-refractivity contribution in [2.75, 3.05) is 11.4 Å². The lowest BCUT2D eigenvalue weighted by Gasteiger charge is -2.27. The fraction of sp³-hybridized carbons (Fsp3) is 0.227. The number of Topliss-reactive ketones (excluding diaryl/α,β-unsaturated/α-hetero) is 1. The molecule has 0 unspecified atom stereocenters. The molecule has 4 aromatic rings. The van der Waals surface area contributed by atoms with Gasteiger partial charge in [-0.25, -0.2) is 18.7 Å². The lowest BCUT2D eigenvalue weighted by molar-refractivity contribution is 0.100. The van der Waals surface area contributed by atoms with Gasteiger partial charge in [0.15, 0.2) is 23.2 Å². The van der Waals surface area contributed by atoms with Gasteiger partial charge in [0.05, 0.1) is 25.0 Å². The number of rotatable bonds is 5. The molecule has 0 saturated heterocycles. The Morgan fingerprint density at radius 2 is 2.00 bits per heavy atom. The number of nitrogens with zero attached hydrogens (tertiary/aromatic N) is 5. The first-order chi connectivity index (χ1) is 15.9. The van der Waals surface area contributed by atoms with Crippen LogP contribution in [0.3, 0.4) is 0 Å². The molecule has 0 amide bonds. The van der Waals surface area contributed by atoms with Crippen LogP contribution in [0.25, 0.3) is 11.5 Å². The number of H-pyrrole nitrogens is 2. The number of nitrogens with one attached hydrogen (secondary N) is 2. The lowest BCUT2D eigenvalue weighted by Crippen LogP contribution is -2.33. The second kappa shape index (κ2) is 8.08. The molecule has 0 fully saturated rings. The number of ketones is 1. The number of hydrogen-bond donors (Lipinski definition) is 2. The molecule has 0 atom stereocenters. The third kappa shape index (κ3) is 3.81. The summed E-state index contributed by atoms with van der Waals surface area (Å²) in [5, 5.41) is 9.76. The highest BCUT2D eigenvalue weighted by atomic mass is 19.1. The monoisotopic (exact) mass is 451 g/mol. The molecule has 0 bridgehead atoms. The van der Waals surface area contributed by atoms with Gasteiger partial charge in [0.2, 0.25) is 0 Å². The van der Waals surface area contributed by atoms with Crippen LogP contribution in [0, 0.1) is 11.6 Å². The molecule has 9 nitrogen and oxygen atoms in total. The van der Waals surface area contributed by atoms with Gasteiger partial charge in [0.25, 0.3) is 5.56 Å². The van der Waals surface area contributed by atoms with E-state index in [9.17, 15) is 18.4 Å². The zero-order chi connectivity index (χ0) is 23.1. The Hall–Kier alpha value is -4.15. The normalized spacial score (nSPS) is 13.2. The van der Waals surface area contributed by atoms with Gasteiger partial charge in [0, 0.05) is 24.6 Å². The van der Waals surface area contributed by atoms with Gasteiger partial charge in [-0.2, -0.15) is 5.10 Å². The van der Waals surface area contributed by atoms with Crippen LogP contribution in [-0.4, -0.2) is 42.3 Å². The Kier molecular flexibility index (Phi) is 5.08.